The first kappa shape index (κ1) is 25.1. The Kier molecular flexibility index (Phi) is 6.50. The lowest BCUT2D eigenvalue weighted by molar-refractivity contribution is -0.140. The maximum absolute atomic E-state index is 13.6. The van der Waals surface area contributed by atoms with E-state index in [-0.39, 0.29) is 29.2 Å². The van der Waals surface area contributed by atoms with E-state index in [1.165, 1.54) is 11.3 Å². The lowest BCUT2D eigenvalue weighted by atomic mass is 9.87. The van der Waals surface area contributed by atoms with Crippen molar-refractivity contribution in [1.82, 2.24) is 29.8 Å². The summed E-state index contributed by atoms with van der Waals surface area (Å²) in [6, 6.07) is 1.63. The molecule has 1 aliphatic heterocycles. The fraction of sp³-hybridized carbons (Fsp3) is 0.560. The van der Waals surface area contributed by atoms with Crippen molar-refractivity contribution in [3.63, 3.8) is 0 Å². The zero-order chi connectivity index (χ0) is 26.3. The summed E-state index contributed by atoms with van der Waals surface area (Å²) >= 11 is 1.50. The van der Waals surface area contributed by atoms with E-state index in [1.807, 2.05) is 11.6 Å². The van der Waals surface area contributed by atoms with Gasteiger partial charge in [0.05, 0.1) is 18.4 Å². The number of anilines is 1. The Balaban J connectivity index is 1.22. The summed E-state index contributed by atoms with van der Waals surface area (Å²) in [6.45, 7) is -1.25. The van der Waals surface area contributed by atoms with E-state index in [2.05, 4.69) is 30.4 Å². The number of halogens is 2. The van der Waals surface area contributed by atoms with E-state index in [0.717, 1.165) is 49.8 Å². The van der Waals surface area contributed by atoms with Gasteiger partial charge in [0.2, 0.25) is 6.41 Å². The molecule has 10 nitrogen and oxygen atoms in total. The van der Waals surface area contributed by atoms with E-state index in [0.29, 0.717) is 42.8 Å². The minimum Gasteiger partial charge on any atom is -0.369 e. The van der Waals surface area contributed by atoms with E-state index < -0.39 is 6.61 Å². The Morgan fingerprint density at radius 1 is 1.24 bits per heavy atom. The van der Waals surface area contributed by atoms with Crippen LogP contribution >= 0.6 is 11.3 Å². The van der Waals surface area contributed by atoms with Crippen LogP contribution in [0, 0.1) is 11.3 Å². The van der Waals surface area contributed by atoms with Crippen molar-refractivity contribution >= 4 is 34.3 Å². The number of alkyl halides is 2. The standard InChI is InChI=1S/C25H29F2N7O3S/c26-23(27)37-14-24(3-4-24)13-28-19-11-18(31-20(32-19)17-12-30-34-9-10-38-22(17)34)21(36)33-7-1-16(2-8-33)25(5-6-25)29-15-35/h9-12,15-16,23H,1-8,13-14H2,(H,29,35)(H,28,31,32). The van der Waals surface area contributed by atoms with Gasteiger partial charge in [0.25, 0.3) is 5.91 Å². The fourth-order valence-electron chi connectivity index (χ4n) is 5.43. The highest BCUT2D eigenvalue weighted by molar-refractivity contribution is 7.16. The lowest BCUT2D eigenvalue weighted by Crippen LogP contribution is -2.46. The summed E-state index contributed by atoms with van der Waals surface area (Å²) < 4.78 is 31.5. The number of hydrogen-bond acceptors (Lipinski definition) is 8. The SMILES string of the molecule is O=CNC1(C2CCN(C(=O)c3cc(NCC4(COC(F)F)CC4)nc(-c4cnn5ccsc45)n3)CC2)CC1. The van der Waals surface area contributed by atoms with Crippen LogP contribution in [0.2, 0.25) is 0 Å². The fourth-order valence-corrected chi connectivity index (χ4v) is 6.23. The van der Waals surface area contributed by atoms with Gasteiger partial charge in [-0.2, -0.15) is 13.9 Å². The second-order valence-corrected chi connectivity index (χ2v) is 11.5. The maximum Gasteiger partial charge on any atom is 0.345 e. The first-order valence-electron chi connectivity index (χ1n) is 12.8. The van der Waals surface area contributed by atoms with Gasteiger partial charge in [0.15, 0.2) is 5.82 Å². The predicted octanol–water partition coefficient (Wildman–Crippen LogP) is 3.41. The summed E-state index contributed by atoms with van der Waals surface area (Å²) in [5.41, 5.74) is 0.528. The highest BCUT2D eigenvalue weighted by Crippen LogP contribution is 2.47. The predicted molar refractivity (Wildman–Crippen MR) is 136 cm³/mol. The lowest BCUT2D eigenvalue weighted by Gasteiger charge is -2.36. The molecule has 3 fully saturated rings. The number of hydrogen-bond donors (Lipinski definition) is 2. The number of rotatable bonds is 11. The number of aromatic nitrogens is 4. The molecule has 13 heteroatoms. The van der Waals surface area contributed by atoms with Gasteiger partial charge in [-0.1, -0.05) is 0 Å². The van der Waals surface area contributed by atoms with E-state index >= 15 is 0 Å². The largest absolute Gasteiger partial charge is 0.369 e. The third kappa shape index (κ3) is 4.96. The molecule has 0 bridgehead atoms. The number of carbonyl (C=O) groups excluding carboxylic acids is 2. The van der Waals surface area contributed by atoms with E-state index in [4.69, 9.17) is 0 Å². The van der Waals surface area contributed by atoms with Crippen molar-refractivity contribution in [1.29, 1.82) is 0 Å². The number of thiazole rings is 1. The zero-order valence-electron chi connectivity index (χ0n) is 20.7. The minimum atomic E-state index is -2.80. The Hall–Kier alpha value is -3.19. The molecular weight excluding hydrogens is 516 g/mol. The van der Waals surface area contributed by atoms with Crippen LogP contribution in [0.25, 0.3) is 16.2 Å². The summed E-state index contributed by atoms with van der Waals surface area (Å²) in [7, 11) is 0. The average Bonchev–Trinajstić information content (AvgIpc) is 3.79. The van der Waals surface area contributed by atoms with Gasteiger partial charge in [-0.3, -0.25) is 9.59 Å². The van der Waals surface area contributed by atoms with E-state index in [1.54, 1.807) is 21.7 Å². The quantitative estimate of drug-likeness (QED) is 0.355. The molecule has 0 atom stereocenters. The van der Waals surface area contributed by atoms with Crippen LogP contribution in [-0.4, -0.2) is 75.2 Å². The van der Waals surface area contributed by atoms with Gasteiger partial charge in [-0.25, -0.2) is 14.5 Å². The summed E-state index contributed by atoms with van der Waals surface area (Å²) in [5.74, 6) is 1.02. The number of nitrogens with zero attached hydrogens (tertiary/aromatic N) is 5. The van der Waals surface area contributed by atoms with Crippen molar-refractivity contribution in [2.45, 2.75) is 50.7 Å². The normalized spacial score (nSPS) is 20.0. The molecule has 4 heterocycles. The third-order valence-corrected chi connectivity index (χ3v) is 9.02. The molecule has 0 unspecified atom stereocenters. The van der Waals surface area contributed by atoms with E-state index in [9.17, 15) is 18.4 Å². The van der Waals surface area contributed by atoms with Crippen molar-refractivity contribution in [3.8, 4) is 11.4 Å². The van der Waals surface area contributed by atoms with Crippen LogP contribution in [0.15, 0.2) is 23.8 Å². The van der Waals surface area contributed by atoms with Crippen LogP contribution < -0.4 is 10.6 Å². The van der Waals surface area contributed by atoms with Crippen molar-refractivity contribution in [2.24, 2.45) is 11.3 Å². The monoisotopic (exact) mass is 545 g/mol. The van der Waals surface area contributed by atoms with Crippen LogP contribution in [-0.2, 0) is 9.53 Å². The van der Waals surface area contributed by atoms with Gasteiger partial charge in [0.1, 0.15) is 16.3 Å². The topological polar surface area (TPSA) is 114 Å². The Morgan fingerprint density at radius 3 is 2.71 bits per heavy atom. The van der Waals surface area contributed by atoms with Crippen molar-refractivity contribution in [3.05, 3.63) is 29.5 Å². The third-order valence-electron chi connectivity index (χ3n) is 8.13. The molecule has 3 aliphatic rings. The zero-order valence-corrected chi connectivity index (χ0v) is 21.6. The molecule has 0 aromatic carbocycles. The molecule has 0 radical (unpaired) electrons. The maximum atomic E-state index is 13.6. The number of fused-ring (bicyclic) bond motifs is 1. The second-order valence-electron chi connectivity index (χ2n) is 10.6. The average molecular weight is 546 g/mol. The molecule has 3 aromatic heterocycles. The molecule has 0 spiro atoms. The van der Waals surface area contributed by atoms with Crippen LogP contribution in [0.3, 0.4) is 0 Å². The van der Waals surface area contributed by atoms with Crippen LogP contribution in [0.5, 0.6) is 0 Å². The first-order valence-corrected chi connectivity index (χ1v) is 13.7. The molecular formula is C25H29F2N7O3S. The number of amides is 2. The molecule has 6 rings (SSSR count). The van der Waals surface area contributed by atoms with Gasteiger partial charge < -0.3 is 20.3 Å². The summed E-state index contributed by atoms with van der Waals surface area (Å²) in [4.78, 5) is 36.6. The summed E-state index contributed by atoms with van der Waals surface area (Å²) in [6.07, 6.45) is 9.49. The smallest absolute Gasteiger partial charge is 0.345 e. The Bertz CT molecular complexity index is 1330. The minimum absolute atomic E-state index is 0.0317. The van der Waals surface area contributed by atoms with Gasteiger partial charge in [0, 0.05) is 48.2 Å². The summed E-state index contributed by atoms with van der Waals surface area (Å²) in [5, 5.41) is 12.5. The molecule has 2 amide bonds. The Morgan fingerprint density at radius 2 is 2.03 bits per heavy atom. The molecule has 2 saturated carbocycles. The van der Waals surface area contributed by atoms with Gasteiger partial charge in [-0.15, -0.1) is 11.3 Å². The van der Waals surface area contributed by atoms with Crippen LogP contribution in [0.1, 0.15) is 49.0 Å². The van der Waals surface area contributed by atoms with Crippen LogP contribution in [0.4, 0.5) is 14.6 Å². The molecule has 1 saturated heterocycles. The number of likely N-dealkylation sites (tertiary alicyclic amines) is 1. The molecule has 2 aliphatic carbocycles. The second kappa shape index (κ2) is 9.84. The number of carbonyl (C=O) groups is 2. The van der Waals surface area contributed by atoms with Crippen molar-refractivity contribution in [2.75, 3.05) is 31.6 Å². The number of ether oxygens (including phenoxy) is 1. The van der Waals surface area contributed by atoms with Crippen molar-refractivity contribution < 1.29 is 23.1 Å². The van der Waals surface area contributed by atoms with Gasteiger partial charge in [-0.05, 0) is 44.4 Å². The Labute approximate surface area is 221 Å². The number of piperidine rings is 1. The number of nitrogens with one attached hydrogen (secondary N) is 2. The molecule has 202 valence electrons. The first-order chi connectivity index (χ1) is 18.4. The highest BCUT2D eigenvalue weighted by Gasteiger charge is 2.50. The van der Waals surface area contributed by atoms with Gasteiger partial charge >= 0.3 is 6.61 Å². The highest BCUT2D eigenvalue weighted by atomic mass is 32.1. The molecule has 3 aromatic rings. The molecule has 38 heavy (non-hydrogen) atoms. The molecule has 2 N–H and O–H groups in total.